The summed E-state index contributed by atoms with van der Waals surface area (Å²) in [5.74, 6) is 0.708. The summed E-state index contributed by atoms with van der Waals surface area (Å²) in [6, 6.07) is 19.0. The predicted molar refractivity (Wildman–Crippen MR) is 102 cm³/mol. The lowest BCUT2D eigenvalue weighted by molar-refractivity contribution is 0.0602. The molecule has 0 spiro atoms. The molecule has 0 radical (unpaired) electrons. The zero-order valence-electron chi connectivity index (χ0n) is 14.7. The van der Waals surface area contributed by atoms with Crippen molar-refractivity contribution in [3.63, 3.8) is 0 Å². The molecule has 0 unspecified atom stereocenters. The number of rotatable bonds is 6. The molecule has 1 aromatic heterocycles. The van der Waals surface area contributed by atoms with E-state index in [9.17, 15) is 4.79 Å². The molecule has 0 aliphatic rings. The van der Waals surface area contributed by atoms with Crippen molar-refractivity contribution in [1.29, 1.82) is 0 Å². The van der Waals surface area contributed by atoms with Gasteiger partial charge in [-0.15, -0.1) is 0 Å². The number of hydrogen-bond donors (Lipinski definition) is 2. The summed E-state index contributed by atoms with van der Waals surface area (Å²) in [5.41, 5.74) is 3.00. The van der Waals surface area contributed by atoms with E-state index in [0.717, 1.165) is 11.3 Å². The average Bonchev–Trinajstić information content (AvgIpc) is 2.66. The minimum atomic E-state index is -0.414. The maximum absolute atomic E-state index is 11.9. The molecular formula is C20H20N4O2. The van der Waals surface area contributed by atoms with E-state index in [1.165, 1.54) is 7.11 Å². The Labute approximate surface area is 152 Å². The van der Waals surface area contributed by atoms with Crippen LogP contribution in [0.3, 0.4) is 0 Å². The number of methoxy groups -OCH3 is 1. The van der Waals surface area contributed by atoms with Gasteiger partial charge in [0.05, 0.1) is 18.4 Å². The van der Waals surface area contributed by atoms with Crippen LogP contribution in [0.25, 0.3) is 0 Å². The van der Waals surface area contributed by atoms with Gasteiger partial charge in [-0.3, -0.25) is 0 Å². The van der Waals surface area contributed by atoms with Crippen LogP contribution in [0.15, 0.2) is 60.7 Å². The highest BCUT2D eigenvalue weighted by Gasteiger charge is 2.12. The molecule has 0 aliphatic carbocycles. The monoisotopic (exact) mass is 348 g/mol. The van der Waals surface area contributed by atoms with Crippen LogP contribution in [0.2, 0.25) is 0 Å². The average molecular weight is 348 g/mol. The van der Waals surface area contributed by atoms with E-state index in [0.29, 0.717) is 29.6 Å². The number of carbonyl (C=O) groups excluding carboxylic acids is 1. The number of carbonyl (C=O) groups is 1. The normalized spacial score (nSPS) is 10.2. The number of aromatic nitrogens is 2. The number of para-hydroxylation sites is 1. The van der Waals surface area contributed by atoms with Crippen molar-refractivity contribution in [2.45, 2.75) is 13.5 Å². The van der Waals surface area contributed by atoms with Crippen LogP contribution in [0.5, 0.6) is 0 Å². The van der Waals surface area contributed by atoms with E-state index in [1.807, 2.05) is 49.4 Å². The molecule has 3 rings (SSSR count). The Morgan fingerprint density at radius 3 is 2.54 bits per heavy atom. The summed E-state index contributed by atoms with van der Waals surface area (Å²) >= 11 is 0. The molecule has 6 nitrogen and oxygen atoms in total. The minimum Gasteiger partial charge on any atom is -0.465 e. The standard InChI is InChI=1S/C20H20N4O2/c1-14-12-18(21-13-15-8-4-3-5-9-15)24-20(22-14)23-17-11-7-6-10-16(17)19(25)26-2/h3-12H,13H2,1-2H3,(H2,21,22,23,24). The Morgan fingerprint density at radius 1 is 1.04 bits per heavy atom. The molecule has 0 atom stereocenters. The van der Waals surface area contributed by atoms with Crippen molar-refractivity contribution in [1.82, 2.24) is 9.97 Å². The van der Waals surface area contributed by atoms with Gasteiger partial charge in [0.15, 0.2) is 0 Å². The molecule has 26 heavy (non-hydrogen) atoms. The second-order valence-electron chi connectivity index (χ2n) is 5.72. The predicted octanol–water partition coefficient (Wildman–Crippen LogP) is 3.93. The van der Waals surface area contributed by atoms with Crippen LogP contribution in [-0.2, 0) is 11.3 Å². The number of aryl methyl sites for hydroxylation is 1. The fraction of sp³-hybridized carbons (Fsp3) is 0.150. The molecule has 2 aromatic carbocycles. The summed E-state index contributed by atoms with van der Waals surface area (Å²) in [5, 5.41) is 6.40. The van der Waals surface area contributed by atoms with Crippen molar-refractivity contribution in [3.05, 3.63) is 77.5 Å². The van der Waals surface area contributed by atoms with E-state index in [2.05, 4.69) is 20.6 Å². The van der Waals surface area contributed by atoms with Gasteiger partial charge >= 0.3 is 5.97 Å². The smallest absolute Gasteiger partial charge is 0.339 e. The third kappa shape index (κ3) is 4.36. The van der Waals surface area contributed by atoms with Gasteiger partial charge in [-0.2, -0.15) is 4.98 Å². The molecule has 132 valence electrons. The Balaban J connectivity index is 1.79. The molecule has 1 heterocycles. The lowest BCUT2D eigenvalue weighted by Gasteiger charge is -2.12. The first-order valence-corrected chi connectivity index (χ1v) is 8.23. The summed E-state index contributed by atoms with van der Waals surface area (Å²) < 4.78 is 4.82. The first-order valence-electron chi connectivity index (χ1n) is 8.23. The number of anilines is 3. The highest BCUT2D eigenvalue weighted by Crippen LogP contribution is 2.21. The fourth-order valence-corrected chi connectivity index (χ4v) is 2.50. The number of ether oxygens (including phenoxy) is 1. The van der Waals surface area contributed by atoms with Crippen LogP contribution in [-0.4, -0.2) is 23.0 Å². The third-order valence-electron chi connectivity index (χ3n) is 3.75. The molecule has 2 N–H and O–H groups in total. The molecular weight excluding hydrogens is 328 g/mol. The van der Waals surface area contributed by atoms with Crippen LogP contribution in [0.4, 0.5) is 17.5 Å². The molecule has 0 saturated carbocycles. The Morgan fingerprint density at radius 2 is 1.77 bits per heavy atom. The maximum Gasteiger partial charge on any atom is 0.339 e. The SMILES string of the molecule is COC(=O)c1ccccc1Nc1nc(C)cc(NCc2ccccc2)n1. The van der Waals surface area contributed by atoms with E-state index in [-0.39, 0.29) is 0 Å². The zero-order chi connectivity index (χ0) is 18.4. The first kappa shape index (κ1) is 17.4. The highest BCUT2D eigenvalue weighted by atomic mass is 16.5. The van der Waals surface area contributed by atoms with Crippen molar-refractivity contribution in [3.8, 4) is 0 Å². The molecule has 0 amide bonds. The summed E-state index contributed by atoms with van der Waals surface area (Å²) in [6.07, 6.45) is 0. The van der Waals surface area contributed by atoms with Crippen molar-refractivity contribution >= 4 is 23.4 Å². The van der Waals surface area contributed by atoms with Gasteiger partial charge in [0.2, 0.25) is 5.95 Å². The van der Waals surface area contributed by atoms with E-state index in [1.54, 1.807) is 18.2 Å². The minimum absolute atomic E-state index is 0.414. The van der Waals surface area contributed by atoms with Crippen molar-refractivity contribution in [2.75, 3.05) is 17.7 Å². The van der Waals surface area contributed by atoms with Crippen molar-refractivity contribution < 1.29 is 9.53 Å². The highest BCUT2D eigenvalue weighted by molar-refractivity contribution is 5.96. The van der Waals surface area contributed by atoms with E-state index in [4.69, 9.17) is 4.74 Å². The first-order chi connectivity index (χ1) is 12.7. The maximum atomic E-state index is 11.9. The summed E-state index contributed by atoms with van der Waals surface area (Å²) in [7, 11) is 1.36. The number of nitrogens with one attached hydrogen (secondary N) is 2. The molecule has 3 aromatic rings. The lowest BCUT2D eigenvalue weighted by atomic mass is 10.2. The lowest BCUT2D eigenvalue weighted by Crippen LogP contribution is -2.09. The van der Waals surface area contributed by atoms with Crippen LogP contribution in [0.1, 0.15) is 21.6 Å². The quantitative estimate of drug-likeness (QED) is 0.658. The third-order valence-corrected chi connectivity index (χ3v) is 3.75. The van der Waals surface area contributed by atoms with Gasteiger partial charge in [0.25, 0.3) is 0 Å². The van der Waals surface area contributed by atoms with Gasteiger partial charge in [0, 0.05) is 18.3 Å². The van der Waals surface area contributed by atoms with Gasteiger partial charge in [-0.25, -0.2) is 9.78 Å². The van der Waals surface area contributed by atoms with Gasteiger partial charge in [0.1, 0.15) is 5.82 Å². The summed E-state index contributed by atoms with van der Waals surface area (Å²) in [4.78, 5) is 20.8. The second kappa shape index (κ2) is 8.11. The molecule has 0 fully saturated rings. The number of esters is 1. The van der Waals surface area contributed by atoms with Crippen molar-refractivity contribution in [2.24, 2.45) is 0 Å². The molecule has 6 heteroatoms. The Hall–Kier alpha value is -3.41. The van der Waals surface area contributed by atoms with Crippen LogP contribution in [0, 0.1) is 6.92 Å². The van der Waals surface area contributed by atoms with E-state index >= 15 is 0 Å². The number of hydrogen-bond acceptors (Lipinski definition) is 6. The Kier molecular flexibility index (Phi) is 5.43. The topological polar surface area (TPSA) is 76.1 Å². The van der Waals surface area contributed by atoms with Gasteiger partial charge in [-0.1, -0.05) is 42.5 Å². The number of nitrogens with zero attached hydrogens (tertiary/aromatic N) is 2. The summed E-state index contributed by atoms with van der Waals surface area (Å²) in [6.45, 7) is 2.56. The van der Waals surface area contributed by atoms with Crippen LogP contribution >= 0.6 is 0 Å². The number of benzene rings is 2. The van der Waals surface area contributed by atoms with Crippen LogP contribution < -0.4 is 10.6 Å². The van der Waals surface area contributed by atoms with E-state index < -0.39 is 5.97 Å². The van der Waals surface area contributed by atoms with Gasteiger partial charge in [-0.05, 0) is 24.6 Å². The largest absolute Gasteiger partial charge is 0.465 e. The van der Waals surface area contributed by atoms with Gasteiger partial charge < -0.3 is 15.4 Å². The molecule has 0 bridgehead atoms. The molecule has 0 aliphatic heterocycles. The second-order valence-corrected chi connectivity index (χ2v) is 5.72. The Bertz CT molecular complexity index is 897. The molecule has 0 saturated heterocycles. The fourth-order valence-electron chi connectivity index (χ4n) is 2.50. The zero-order valence-corrected chi connectivity index (χ0v) is 14.7.